The first kappa shape index (κ1) is 11.5. The topological polar surface area (TPSA) is 89.9 Å². The van der Waals surface area contributed by atoms with Gasteiger partial charge in [-0.05, 0) is 18.1 Å². The number of aryl methyl sites for hydroxylation is 1. The number of hydrogen-bond acceptors (Lipinski definition) is 6. The summed E-state index contributed by atoms with van der Waals surface area (Å²) in [4.78, 5) is 4.31. The van der Waals surface area contributed by atoms with E-state index in [-0.39, 0.29) is 6.54 Å². The Balaban J connectivity index is 2.01. The first-order chi connectivity index (χ1) is 8.33. The zero-order chi connectivity index (χ0) is 12.1. The highest BCUT2D eigenvalue weighted by molar-refractivity contribution is 5.25. The summed E-state index contributed by atoms with van der Waals surface area (Å²) in [5.74, 6) is 0.421. The third-order valence-corrected chi connectivity index (χ3v) is 2.41. The summed E-state index contributed by atoms with van der Waals surface area (Å²) in [6, 6.07) is 4.36. The summed E-state index contributed by atoms with van der Waals surface area (Å²) in [7, 11) is 0. The third-order valence-electron chi connectivity index (χ3n) is 2.41. The maximum atomic E-state index is 5.38. The lowest BCUT2D eigenvalue weighted by atomic mass is 10.1. The molecule has 0 fully saturated rings. The number of aromatic nitrogens is 3. The zero-order valence-corrected chi connectivity index (χ0v) is 9.68. The fraction of sp³-hybridized carbons (Fsp3) is 0.364. The van der Waals surface area contributed by atoms with E-state index in [2.05, 4.69) is 33.5 Å². The molecule has 90 valence electrons. The van der Waals surface area contributed by atoms with Crippen LogP contribution < -0.4 is 11.1 Å². The van der Waals surface area contributed by atoms with Gasteiger partial charge in [-0.1, -0.05) is 18.1 Å². The van der Waals surface area contributed by atoms with E-state index in [0.717, 1.165) is 12.1 Å². The third kappa shape index (κ3) is 2.79. The van der Waals surface area contributed by atoms with Gasteiger partial charge < -0.3 is 15.5 Å². The molecule has 0 aliphatic heterocycles. The van der Waals surface area contributed by atoms with Crippen molar-refractivity contribution in [1.82, 2.24) is 15.2 Å². The van der Waals surface area contributed by atoms with E-state index in [1.807, 2.05) is 6.07 Å². The molecule has 2 aromatic heterocycles. The molecule has 0 aromatic carbocycles. The van der Waals surface area contributed by atoms with Crippen LogP contribution in [-0.2, 0) is 19.5 Å². The van der Waals surface area contributed by atoms with E-state index >= 15 is 0 Å². The minimum Gasteiger partial charge on any atom is -0.407 e. The van der Waals surface area contributed by atoms with Gasteiger partial charge in [0, 0.05) is 6.20 Å². The minimum absolute atomic E-state index is 0.248. The smallest absolute Gasteiger partial charge is 0.315 e. The average molecular weight is 233 g/mol. The number of nitrogens with two attached hydrogens (primary N) is 1. The lowest BCUT2D eigenvalue weighted by Gasteiger charge is -2.05. The SMILES string of the molecule is CCc1cccnc1CNc1nnc(CN)o1. The van der Waals surface area contributed by atoms with Gasteiger partial charge in [0.1, 0.15) is 0 Å². The van der Waals surface area contributed by atoms with Crippen LogP contribution in [0.3, 0.4) is 0 Å². The minimum atomic E-state index is 0.248. The van der Waals surface area contributed by atoms with Gasteiger partial charge in [-0.25, -0.2) is 0 Å². The van der Waals surface area contributed by atoms with Gasteiger partial charge in [0.05, 0.1) is 18.8 Å². The average Bonchev–Trinajstić information content (AvgIpc) is 2.84. The molecule has 0 unspecified atom stereocenters. The van der Waals surface area contributed by atoms with Crippen LogP contribution in [0.5, 0.6) is 0 Å². The van der Waals surface area contributed by atoms with Crippen molar-refractivity contribution in [3.8, 4) is 0 Å². The number of anilines is 1. The number of hydrogen-bond donors (Lipinski definition) is 2. The first-order valence-corrected chi connectivity index (χ1v) is 5.52. The molecule has 0 aliphatic carbocycles. The first-order valence-electron chi connectivity index (χ1n) is 5.52. The van der Waals surface area contributed by atoms with Crippen molar-refractivity contribution in [3.63, 3.8) is 0 Å². The van der Waals surface area contributed by atoms with Gasteiger partial charge in [-0.2, -0.15) is 0 Å². The van der Waals surface area contributed by atoms with Crippen molar-refractivity contribution in [3.05, 3.63) is 35.5 Å². The van der Waals surface area contributed by atoms with E-state index < -0.39 is 0 Å². The normalized spacial score (nSPS) is 10.5. The quantitative estimate of drug-likeness (QED) is 0.803. The van der Waals surface area contributed by atoms with Crippen molar-refractivity contribution < 1.29 is 4.42 Å². The van der Waals surface area contributed by atoms with E-state index in [1.54, 1.807) is 6.20 Å². The molecule has 0 saturated carbocycles. The molecule has 0 bridgehead atoms. The van der Waals surface area contributed by atoms with Crippen LogP contribution >= 0.6 is 0 Å². The highest BCUT2D eigenvalue weighted by Crippen LogP contribution is 2.10. The zero-order valence-electron chi connectivity index (χ0n) is 9.68. The molecule has 2 rings (SSSR count). The number of rotatable bonds is 5. The van der Waals surface area contributed by atoms with E-state index in [4.69, 9.17) is 10.2 Å². The molecule has 6 heteroatoms. The molecule has 17 heavy (non-hydrogen) atoms. The van der Waals surface area contributed by atoms with Gasteiger partial charge in [-0.3, -0.25) is 4.98 Å². The van der Waals surface area contributed by atoms with Crippen molar-refractivity contribution in [2.75, 3.05) is 5.32 Å². The van der Waals surface area contributed by atoms with E-state index in [1.165, 1.54) is 5.56 Å². The van der Waals surface area contributed by atoms with Crippen LogP contribution in [0.15, 0.2) is 22.7 Å². The summed E-state index contributed by atoms with van der Waals surface area (Å²) >= 11 is 0. The van der Waals surface area contributed by atoms with Crippen LogP contribution in [0.1, 0.15) is 24.1 Å². The molecule has 0 atom stereocenters. The standard InChI is InChI=1S/C11H15N5O/c1-2-8-4-3-5-13-9(8)7-14-11-16-15-10(6-12)17-11/h3-5H,2,6-7,12H2,1H3,(H,14,16). The molecular formula is C11H15N5O. The summed E-state index contributed by atoms with van der Waals surface area (Å²) in [6.45, 7) is 2.91. The van der Waals surface area contributed by atoms with Gasteiger partial charge in [0.15, 0.2) is 0 Å². The second-order valence-electron chi connectivity index (χ2n) is 3.52. The van der Waals surface area contributed by atoms with Crippen molar-refractivity contribution in [2.24, 2.45) is 5.73 Å². The molecule has 0 saturated heterocycles. The maximum absolute atomic E-state index is 5.38. The fourth-order valence-electron chi connectivity index (χ4n) is 1.52. The highest BCUT2D eigenvalue weighted by Gasteiger charge is 2.05. The Kier molecular flexibility index (Phi) is 3.66. The van der Waals surface area contributed by atoms with Gasteiger partial charge in [0.25, 0.3) is 0 Å². The molecule has 0 aliphatic rings. The van der Waals surface area contributed by atoms with Crippen LogP contribution in [0.4, 0.5) is 6.01 Å². The Morgan fingerprint density at radius 2 is 2.29 bits per heavy atom. The Morgan fingerprint density at radius 3 is 3.00 bits per heavy atom. The second kappa shape index (κ2) is 5.40. The lowest BCUT2D eigenvalue weighted by molar-refractivity contribution is 0.507. The monoisotopic (exact) mass is 233 g/mol. The van der Waals surface area contributed by atoms with E-state index in [0.29, 0.717) is 18.5 Å². The number of nitrogens with one attached hydrogen (secondary N) is 1. The molecule has 3 N–H and O–H groups in total. The maximum Gasteiger partial charge on any atom is 0.315 e. The second-order valence-corrected chi connectivity index (χ2v) is 3.52. The Labute approximate surface area is 99.3 Å². The van der Waals surface area contributed by atoms with Crippen LogP contribution in [-0.4, -0.2) is 15.2 Å². The van der Waals surface area contributed by atoms with Gasteiger partial charge in [0.2, 0.25) is 5.89 Å². The van der Waals surface area contributed by atoms with Gasteiger partial charge in [-0.15, -0.1) is 5.10 Å². The lowest BCUT2D eigenvalue weighted by Crippen LogP contribution is -2.05. The highest BCUT2D eigenvalue weighted by atomic mass is 16.4. The largest absolute Gasteiger partial charge is 0.407 e. The molecule has 0 radical (unpaired) electrons. The molecule has 0 amide bonds. The van der Waals surface area contributed by atoms with Gasteiger partial charge >= 0.3 is 6.01 Å². The predicted octanol–water partition coefficient (Wildman–Crippen LogP) is 1.10. The summed E-state index contributed by atoms with van der Waals surface area (Å²) < 4.78 is 5.24. The molecule has 0 spiro atoms. The summed E-state index contributed by atoms with van der Waals surface area (Å²) in [5.41, 5.74) is 7.58. The molecule has 6 nitrogen and oxygen atoms in total. The number of nitrogens with zero attached hydrogens (tertiary/aromatic N) is 3. The molecule has 2 aromatic rings. The fourth-order valence-corrected chi connectivity index (χ4v) is 1.52. The van der Waals surface area contributed by atoms with Crippen LogP contribution in [0, 0.1) is 0 Å². The van der Waals surface area contributed by atoms with E-state index in [9.17, 15) is 0 Å². The molecule has 2 heterocycles. The predicted molar refractivity (Wildman–Crippen MR) is 63.1 cm³/mol. The van der Waals surface area contributed by atoms with Crippen molar-refractivity contribution in [2.45, 2.75) is 26.4 Å². The van der Waals surface area contributed by atoms with Crippen LogP contribution in [0.2, 0.25) is 0 Å². The van der Waals surface area contributed by atoms with Crippen molar-refractivity contribution >= 4 is 6.01 Å². The molecular weight excluding hydrogens is 218 g/mol. The Bertz CT molecular complexity index is 482. The number of pyridine rings is 1. The van der Waals surface area contributed by atoms with Crippen molar-refractivity contribution in [1.29, 1.82) is 0 Å². The Morgan fingerprint density at radius 1 is 1.41 bits per heavy atom. The summed E-state index contributed by atoms with van der Waals surface area (Å²) in [6.07, 6.45) is 2.72. The summed E-state index contributed by atoms with van der Waals surface area (Å²) in [5, 5.41) is 10.6. The Hall–Kier alpha value is -1.95. The van der Waals surface area contributed by atoms with Crippen LogP contribution in [0.25, 0.3) is 0 Å².